The minimum Gasteiger partial charge on any atom is -0.339 e. The van der Waals surface area contributed by atoms with Crippen molar-refractivity contribution in [1.29, 1.82) is 0 Å². The quantitative estimate of drug-likeness (QED) is 0.566. The highest BCUT2D eigenvalue weighted by molar-refractivity contribution is 7.20. The van der Waals surface area contributed by atoms with Crippen molar-refractivity contribution in [2.75, 3.05) is 18.4 Å². The maximum Gasteiger partial charge on any atom is 0.246 e. The summed E-state index contributed by atoms with van der Waals surface area (Å²) in [4.78, 5) is 27.7. The molecule has 6 heteroatoms. The molecule has 0 atom stereocenters. The number of carbonyl (C=O) groups is 2. The lowest BCUT2D eigenvalue weighted by Crippen LogP contribution is -2.40. The van der Waals surface area contributed by atoms with Gasteiger partial charge in [-0.25, -0.2) is 0 Å². The molecule has 0 aliphatic carbocycles. The van der Waals surface area contributed by atoms with E-state index in [-0.39, 0.29) is 17.7 Å². The second kappa shape index (κ2) is 8.80. The van der Waals surface area contributed by atoms with Gasteiger partial charge in [-0.2, -0.15) is 0 Å². The van der Waals surface area contributed by atoms with E-state index in [1.165, 1.54) is 0 Å². The molecule has 1 fully saturated rings. The number of likely N-dealkylation sites (tertiary alicyclic amines) is 1. The van der Waals surface area contributed by atoms with E-state index in [0.29, 0.717) is 31.0 Å². The van der Waals surface area contributed by atoms with Gasteiger partial charge in [-0.15, -0.1) is 11.3 Å². The van der Waals surface area contributed by atoms with Crippen LogP contribution in [0.3, 0.4) is 0 Å². The van der Waals surface area contributed by atoms with Gasteiger partial charge < -0.3 is 10.2 Å². The first-order valence-electron chi connectivity index (χ1n) is 9.62. The highest BCUT2D eigenvalue weighted by Gasteiger charge is 2.26. The maximum absolute atomic E-state index is 12.6. The van der Waals surface area contributed by atoms with Gasteiger partial charge >= 0.3 is 0 Å². The molecule has 1 aromatic heterocycles. The van der Waals surface area contributed by atoms with Crippen molar-refractivity contribution in [2.45, 2.75) is 12.8 Å². The summed E-state index contributed by atoms with van der Waals surface area (Å²) in [6, 6.07) is 17.4. The maximum atomic E-state index is 12.6. The van der Waals surface area contributed by atoms with Gasteiger partial charge in [-0.3, -0.25) is 9.59 Å². The fraction of sp³-hybridized carbons (Fsp3) is 0.217. The Kier molecular flexibility index (Phi) is 5.97. The summed E-state index contributed by atoms with van der Waals surface area (Å²) in [5, 5.41) is 4.65. The zero-order valence-electron chi connectivity index (χ0n) is 15.8. The Hall–Kier alpha value is -2.63. The molecule has 1 N–H and O–H groups in total. The molecule has 0 unspecified atom stereocenters. The van der Waals surface area contributed by atoms with E-state index >= 15 is 0 Å². The Bertz CT molecular complexity index is 1050. The predicted octanol–water partition coefficient (Wildman–Crippen LogP) is 5.45. The number of piperidine rings is 1. The Labute approximate surface area is 178 Å². The van der Waals surface area contributed by atoms with Crippen LogP contribution in [-0.4, -0.2) is 29.8 Å². The molecule has 3 aromatic rings. The second-order valence-electron chi connectivity index (χ2n) is 7.06. The number of nitrogens with zero attached hydrogens (tertiary/aromatic N) is 1. The van der Waals surface area contributed by atoms with Gasteiger partial charge in [-0.05, 0) is 37.1 Å². The van der Waals surface area contributed by atoms with Gasteiger partial charge in [0.2, 0.25) is 11.8 Å². The van der Waals surface area contributed by atoms with Crippen LogP contribution in [0.2, 0.25) is 5.02 Å². The number of halogens is 1. The molecule has 148 valence electrons. The zero-order valence-corrected chi connectivity index (χ0v) is 17.4. The van der Waals surface area contributed by atoms with E-state index in [4.69, 9.17) is 11.6 Å². The summed E-state index contributed by atoms with van der Waals surface area (Å²) in [6.45, 7) is 1.16. The lowest BCUT2D eigenvalue weighted by Gasteiger charge is -2.30. The Morgan fingerprint density at radius 2 is 1.72 bits per heavy atom. The zero-order chi connectivity index (χ0) is 20.2. The van der Waals surface area contributed by atoms with Gasteiger partial charge in [0.05, 0.1) is 5.02 Å². The largest absolute Gasteiger partial charge is 0.339 e. The van der Waals surface area contributed by atoms with E-state index in [1.807, 2.05) is 54.6 Å². The third kappa shape index (κ3) is 4.52. The topological polar surface area (TPSA) is 49.4 Å². The van der Waals surface area contributed by atoms with Gasteiger partial charge in [-0.1, -0.05) is 48.0 Å². The molecule has 4 rings (SSSR count). The average Bonchev–Trinajstić information content (AvgIpc) is 3.08. The van der Waals surface area contributed by atoms with Crippen molar-refractivity contribution in [3.8, 4) is 0 Å². The number of rotatable bonds is 4. The molecule has 0 saturated carbocycles. The fourth-order valence-corrected chi connectivity index (χ4v) is 4.92. The SMILES string of the molecule is O=C(Nc1ccccc1)C1CCN(C(=O)/C=C/c2sc3ccccc3c2Cl)CC1. The standard InChI is InChI=1S/C23H21ClN2O2S/c24-22-18-8-4-5-9-19(18)29-20(22)10-11-21(27)26-14-12-16(13-15-26)23(28)25-17-6-2-1-3-7-17/h1-11,16H,12-15H2,(H,25,28)/b11-10+. The number of benzene rings is 2. The van der Waals surface area contributed by atoms with Crippen LogP contribution in [0.25, 0.3) is 16.2 Å². The third-order valence-corrected chi connectivity index (χ3v) is 6.81. The minimum absolute atomic E-state index is 0.0240. The number of fused-ring (bicyclic) bond motifs is 1. The first kappa shape index (κ1) is 19.7. The predicted molar refractivity (Wildman–Crippen MR) is 120 cm³/mol. The molecule has 1 aliphatic heterocycles. The van der Waals surface area contributed by atoms with Crippen molar-refractivity contribution in [3.63, 3.8) is 0 Å². The molecular weight excluding hydrogens is 404 g/mol. The smallest absolute Gasteiger partial charge is 0.246 e. The van der Waals surface area contributed by atoms with Crippen molar-refractivity contribution in [1.82, 2.24) is 4.90 Å². The molecular formula is C23H21ClN2O2S. The molecule has 0 bridgehead atoms. The molecule has 4 nitrogen and oxygen atoms in total. The lowest BCUT2D eigenvalue weighted by molar-refractivity contribution is -0.130. The van der Waals surface area contributed by atoms with Crippen LogP contribution in [-0.2, 0) is 9.59 Å². The number of hydrogen-bond donors (Lipinski definition) is 1. The van der Waals surface area contributed by atoms with E-state index in [1.54, 1.807) is 28.4 Å². The highest BCUT2D eigenvalue weighted by atomic mass is 35.5. The Morgan fingerprint density at radius 3 is 2.45 bits per heavy atom. The number of nitrogens with one attached hydrogen (secondary N) is 1. The summed E-state index contributed by atoms with van der Waals surface area (Å²) in [6.07, 6.45) is 4.72. The number of hydrogen-bond acceptors (Lipinski definition) is 3. The summed E-state index contributed by atoms with van der Waals surface area (Å²) in [5.41, 5.74) is 0.805. The lowest BCUT2D eigenvalue weighted by atomic mass is 9.95. The molecule has 0 spiro atoms. The van der Waals surface area contributed by atoms with E-state index in [2.05, 4.69) is 5.32 Å². The summed E-state index contributed by atoms with van der Waals surface area (Å²) in [7, 11) is 0. The number of amides is 2. The first-order valence-corrected chi connectivity index (χ1v) is 10.8. The number of anilines is 1. The first-order chi connectivity index (χ1) is 14.1. The average molecular weight is 425 g/mol. The van der Waals surface area contributed by atoms with E-state index < -0.39 is 0 Å². The van der Waals surface area contributed by atoms with Crippen LogP contribution in [0.5, 0.6) is 0 Å². The Balaban J connectivity index is 1.33. The van der Waals surface area contributed by atoms with Crippen LogP contribution >= 0.6 is 22.9 Å². The molecule has 0 radical (unpaired) electrons. The third-order valence-electron chi connectivity index (χ3n) is 5.16. The van der Waals surface area contributed by atoms with Crippen LogP contribution in [0.15, 0.2) is 60.7 Å². The molecule has 2 amide bonds. The minimum atomic E-state index is -0.0692. The van der Waals surface area contributed by atoms with Crippen LogP contribution in [0.1, 0.15) is 17.7 Å². The molecule has 1 saturated heterocycles. The van der Waals surface area contributed by atoms with Gasteiger partial charge in [0.25, 0.3) is 0 Å². The van der Waals surface area contributed by atoms with Crippen molar-refractivity contribution in [3.05, 3.63) is 70.6 Å². The molecule has 1 aliphatic rings. The van der Waals surface area contributed by atoms with Gasteiger partial charge in [0.1, 0.15) is 0 Å². The normalized spacial score (nSPS) is 15.1. The van der Waals surface area contributed by atoms with Gasteiger partial charge in [0.15, 0.2) is 0 Å². The van der Waals surface area contributed by atoms with Crippen LogP contribution < -0.4 is 5.32 Å². The monoisotopic (exact) mass is 424 g/mol. The van der Waals surface area contributed by atoms with E-state index in [0.717, 1.165) is 20.7 Å². The van der Waals surface area contributed by atoms with Crippen molar-refractivity contribution < 1.29 is 9.59 Å². The second-order valence-corrected chi connectivity index (χ2v) is 8.53. The fourth-order valence-electron chi connectivity index (χ4n) is 3.52. The van der Waals surface area contributed by atoms with Crippen LogP contribution in [0.4, 0.5) is 5.69 Å². The number of para-hydroxylation sites is 1. The summed E-state index contributed by atoms with van der Waals surface area (Å²) >= 11 is 8.01. The molecule has 2 heterocycles. The summed E-state index contributed by atoms with van der Waals surface area (Å²) < 4.78 is 1.11. The highest BCUT2D eigenvalue weighted by Crippen LogP contribution is 2.36. The summed E-state index contributed by atoms with van der Waals surface area (Å²) in [5.74, 6) is -0.0865. The Morgan fingerprint density at radius 1 is 1.03 bits per heavy atom. The van der Waals surface area contributed by atoms with Crippen molar-refractivity contribution in [2.24, 2.45) is 5.92 Å². The van der Waals surface area contributed by atoms with Gasteiger partial charge in [0, 0.05) is 45.7 Å². The number of thiophene rings is 1. The molecule has 29 heavy (non-hydrogen) atoms. The van der Waals surface area contributed by atoms with Crippen LogP contribution in [0, 0.1) is 5.92 Å². The van der Waals surface area contributed by atoms with E-state index in [9.17, 15) is 9.59 Å². The van der Waals surface area contributed by atoms with Crippen molar-refractivity contribution >= 4 is 56.6 Å². The number of carbonyl (C=O) groups excluding carboxylic acids is 2. The molecule has 2 aromatic carbocycles.